The summed E-state index contributed by atoms with van der Waals surface area (Å²) in [5.74, 6) is -9.10. The van der Waals surface area contributed by atoms with Gasteiger partial charge in [-0.15, -0.1) is 0 Å². The maximum absolute atomic E-state index is 13.7. The Morgan fingerprint density at radius 3 is 1.23 bits per heavy atom. The number of carboxylic acids is 1. The molecule has 0 aliphatic rings. The van der Waals surface area contributed by atoms with Crippen molar-refractivity contribution >= 4 is 53.2 Å². The van der Waals surface area contributed by atoms with Gasteiger partial charge in [-0.2, -0.15) is 0 Å². The normalized spacial score (nSPS) is 16.7. The fourth-order valence-electron chi connectivity index (χ4n) is 6.07. The van der Waals surface area contributed by atoms with Crippen molar-refractivity contribution in [2.24, 2.45) is 35.3 Å². The fourth-order valence-corrected chi connectivity index (χ4v) is 6.07. The molecule has 0 aromatic rings. The zero-order valence-electron chi connectivity index (χ0n) is 38.4. The van der Waals surface area contributed by atoms with Gasteiger partial charge in [0.25, 0.3) is 0 Å². The molecule has 0 saturated heterocycles. The molecule has 21 nitrogen and oxygen atoms in total. The summed E-state index contributed by atoms with van der Waals surface area (Å²) in [7, 11) is 0. The van der Waals surface area contributed by atoms with E-state index in [1.807, 2.05) is 13.8 Å². The van der Waals surface area contributed by atoms with Gasteiger partial charge >= 0.3 is 5.97 Å². The maximum atomic E-state index is 13.7. The average molecular weight is 886 g/mol. The minimum Gasteiger partial charge on any atom is -0.480 e. The standard InChI is InChI=1S/C41H75N9O12/c1-13-22(9)31(46-28(53)18-44-38(58)33(24(11)51)49-35(55)26(42)15-19(3)4)37(57)43-17-29(54)47-32(23(10)14-2)39(59)45-27(16-20(5)6)36(56)50-34(25(12)52)40(60)48-30(21(7)8)41(61)62/h19-27,30-34,51-52H,13-18,42H2,1-12H3,(H,43,57)(H,44,58)(H,45,59)(H,46,53)(H,47,54)(H,48,60)(H,49,55)(H,50,56)(H,61,62). The number of nitrogens with two attached hydrogens (primary N) is 1. The van der Waals surface area contributed by atoms with E-state index in [0.717, 1.165) is 0 Å². The molecule has 8 amide bonds. The first-order valence-electron chi connectivity index (χ1n) is 21.4. The van der Waals surface area contributed by atoms with Gasteiger partial charge in [0, 0.05) is 0 Å². The van der Waals surface area contributed by atoms with Gasteiger partial charge in [-0.1, -0.05) is 82.1 Å². The number of aliphatic hydroxyl groups excluding tert-OH is 2. The Bertz CT molecular complexity index is 1520. The number of carbonyl (C=O) groups excluding carboxylic acids is 8. The number of carboxylic acid groups (broad SMARTS) is 1. The van der Waals surface area contributed by atoms with E-state index in [1.54, 1.807) is 55.4 Å². The highest BCUT2D eigenvalue weighted by atomic mass is 16.4. The smallest absolute Gasteiger partial charge is 0.326 e. The lowest BCUT2D eigenvalue weighted by atomic mass is 9.96. The number of nitrogens with one attached hydrogen (secondary N) is 8. The largest absolute Gasteiger partial charge is 0.480 e. The molecule has 0 aromatic carbocycles. The molecule has 0 bridgehead atoms. The van der Waals surface area contributed by atoms with Crippen LogP contribution in [-0.4, -0.2) is 136 Å². The van der Waals surface area contributed by atoms with Gasteiger partial charge in [0.05, 0.1) is 31.3 Å². The van der Waals surface area contributed by atoms with E-state index in [1.165, 1.54) is 13.8 Å². The van der Waals surface area contributed by atoms with Crippen LogP contribution < -0.4 is 48.3 Å². The highest BCUT2D eigenvalue weighted by Crippen LogP contribution is 2.13. The van der Waals surface area contributed by atoms with Crippen molar-refractivity contribution in [2.45, 2.75) is 163 Å². The first kappa shape index (κ1) is 57.1. The van der Waals surface area contributed by atoms with Crippen molar-refractivity contribution < 1.29 is 58.5 Å². The zero-order valence-corrected chi connectivity index (χ0v) is 38.4. The molecule has 0 aliphatic heterocycles. The van der Waals surface area contributed by atoms with Crippen molar-refractivity contribution in [2.75, 3.05) is 13.1 Å². The van der Waals surface area contributed by atoms with Crippen molar-refractivity contribution in [3.63, 3.8) is 0 Å². The van der Waals surface area contributed by atoms with E-state index in [0.29, 0.717) is 19.3 Å². The Kier molecular flexibility index (Phi) is 25.7. The summed E-state index contributed by atoms with van der Waals surface area (Å²) in [5.41, 5.74) is 5.89. The van der Waals surface area contributed by atoms with Crippen molar-refractivity contribution in [3.05, 3.63) is 0 Å². The van der Waals surface area contributed by atoms with Gasteiger partial charge in [0.1, 0.15) is 36.3 Å². The quantitative estimate of drug-likeness (QED) is 0.0411. The summed E-state index contributed by atoms with van der Waals surface area (Å²) in [6.07, 6.45) is -1.51. The highest BCUT2D eigenvalue weighted by molar-refractivity contribution is 5.97. The summed E-state index contributed by atoms with van der Waals surface area (Å²) in [6, 6.07) is -8.79. The number of carbonyl (C=O) groups is 9. The first-order chi connectivity index (χ1) is 28.7. The third-order valence-corrected chi connectivity index (χ3v) is 10.2. The van der Waals surface area contributed by atoms with Crippen LogP contribution in [0.2, 0.25) is 0 Å². The summed E-state index contributed by atoms with van der Waals surface area (Å²) in [5, 5.41) is 49.7. The molecule has 0 fully saturated rings. The minimum atomic E-state index is -1.56. The molecule has 11 atom stereocenters. The van der Waals surface area contributed by atoms with Crippen LogP contribution in [0.15, 0.2) is 0 Å². The fraction of sp³-hybridized carbons (Fsp3) is 0.780. The van der Waals surface area contributed by atoms with Crippen LogP contribution in [0.3, 0.4) is 0 Å². The predicted octanol–water partition coefficient (Wildman–Crippen LogP) is -1.86. The average Bonchev–Trinajstić information content (AvgIpc) is 3.17. The van der Waals surface area contributed by atoms with Gasteiger partial charge in [0.15, 0.2) is 0 Å². The van der Waals surface area contributed by atoms with Crippen molar-refractivity contribution in [3.8, 4) is 0 Å². The van der Waals surface area contributed by atoms with E-state index >= 15 is 0 Å². The van der Waals surface area contributed by atoms with Crippen LogP contribution in [-0.2, 0) is 43.2 Å². The third kappa shape index (κ3) is 20.3. The second-order valence-corrected chi connectivity index (χ2v) is 17.2. The number of hydrogen-bond acceptors (Lipinski definition) is 12. The van der Waals surface area contributed by atoms with Gasteiger partial charge < -0.3 is 63.6 Å². The molecule has 11 unspecified atom stereocenters. The lowest BCUT2D eigenvalue weighted by Crippen LogP contribution is -2.61. The molecular weight excluding hydrogens is 811 g/mol. The molecule has 13 N–H and O–H groups in total. The second-order valence-electron chi connectivity index (χ2n) is 17.2. The van der Waals surface area contributed by atoms with E-state index in [4.69, 9.17) is 5.73 Å². The van der Waals surface area contributed by atoms with Gasteiger partial charge in [-0.3, -0.25) is 38.4 Å². The van der Waals surface area contributed by atoms with Crippen LogP contribution in [0.1, 0.15) is 109 Å². The van der Waals surface area contributed by atoms with Crippen LogP contribution in [0.4, 0.5) is 0 Å². The molecule has 0 heterocycles. The molecule has 0 aromatic heterocycles. The van der Waals surface area contributed by atoms with E-state index in [2.05, 4.69) is 42.5 Å². The molecular formula is C41H75N9O12. The van der Waals surface area contributed by atoms with Crippen LogP contribution in [0, 0.1) is 29.6 Å². The summed E-state index contributed by atoms with van der Waals surface area (Å²) >= 11 is 0. The highest BCUT2D eigenvalue weighted by Gasteiger charge is 2.36. The number of aliphatic hydroxyl groups is 2. The van der Waals surface area contributed by atoms with E-state index < -0.39 is 139 Å². The molecule has 0 saturated carbocycles. The molecule has 0 radical (unpaired) electrons. The number of amides is 8. The van der Waals surface area contributed by atoms with Crippen molar-refractivity contribution in [1.82, 2.24) is 42.5 Å². The Morgan fingerprint density at radius 2 is 0.839 bits per heavy atom. The molecule has 0 aliphatic carbocycles. The molecule has 0 spiro atoms. The number of hydrogen-bond donors (Lipinski definition) is 12. The molecule has 0 rings (SSSR count). The summed E-state index contributed by atoms with van der Waals surface area (Å²) < 4.78 is 0. The second kappa shape index (κ2) is 27.9. The van der Waals surface area contributed by atoms with E-state index in [-0.39, 0.29) is 18.3 Å². The topological polar surface area (TPSA) is 337 Å². The Morgan fingerprint density at radius 1 is 0.468 bits per heavy atom. The predicted molar refractivity (Wildman–Crippen MR) is 229 cm³/mol. The van der Waals surface area contributed by atoms with Gasteiger partial charge in [0.2, 0.25) is 47.3 Å². The number of aliphatic carboxylic acids is 1. The summed E-state index contributed by atoms with van der Waals surface area (Å²) in [6.45, 7) is 18.7. The van der Waals surface area contributed by atoms with Crippen LogP contribution in [0.25, 0.3) is 0 Å². The Hall–Kier alpha value is -4.89. The Labute approximate surface area is 365 Å². The first-order valence-corrected chi connectivity index (χ1v) is 21.4. The molecule has 356 valence electrons. The van der Waals surface area contributed by atoms with Gasteiger partial charge in [-0.05, 0) is 56.3 Å². The maximum Gasteiger partial charge on any atom is 0.326 e. The molecule has 62 heavy (non-hydrogen) atoms. The van der Waals surface area contributed by atoms with Gasteiger partial charge in [-0.25, -0.2) is 4.79 Å². The lowest BCUT2D eigenvalue weighted by Gasteiger charge is -2.29. The van der Waals surface area contributed by atoms with Crippen LogP contribution in [0.5, 0.6) is 0 Å². The van der Waals surface area contributed by atoms with E-state index in [9.17, 15) is 58.5 Å². The minimum absolute atomic E-state index is 0.0873. The zero-order chi connectivity index (χ0) is 48.2. The SMILES string of the molecule is CCC(C)C(NC(=O)CNC(=O)C(NC(=O)C(N)CC(C)C)C(C)O)C(=O)NCC(=O)NC(C(=O)NC(CC(C)C)C(=O)NC(C(=O)NC(C(=O)O)C(C)C)C(C)O)C(C)CC. The van der Waals surface area contributed by atoms with Crippen LogP contribution >= 0.6 is 0 Å². The monoisotopic (exact) mass is 886 g/mol. The van der Waals surface area contributed by atoms with Crippen molar-refractivity contribution in [1.29, 1.82) is 0 Å². The lowest BCUT2D eigenvalue weighted by molar-refractivity contribution is -0.144. The third-order valence-electron chi connectivity index (χ3n) is 10.2. The Balaban J connectivity index is 5.82. The number of rotatable bonds is 28. The summed E-state index contributed by atoms with van der Waals surface area (Å²) in [4.78, 5) is 117. The molecule has 21 heteroatoms.